The second-order valence-corrected chi connectivity index (χ2v) is 6.80. The van der Waals surface area contributed by atoms with Crippen LogP contribution in [0.5, 0.6) is 0 Å². The highest BCUT2D eigenvalue weighted by atomic mass is 35.5. The van der Waals surface area contributed by atoms with Gasteiger partial charge < -0.3 is 0 Å². The van der Waals surface area contributed by atoms with Crippen LogP contribution < -0.4 is 0 Å². The summed E-state index contributed by atoms with van der Waals surface area (Å²) in [4.78, 5) is 0. The van der Waals surface area contributed by atoms with Crippen LogP contribution in [0.2, 0.25) is 0 Å². The summed E-state index contributed by atoms with van der Waals surface area (Å²) >= 11 is 5.92. The molecule has 0 aromatic rings. The van der Waals surface area contributed by atoms with Crippen molar-refractivity contribution in [3.05, 3.63) is 0 Å². The molecule has 0 saturated carbocycles. The lowest BCUT2D eigenvalue weighted by Gasteiger charge is -2.30. The van der Waals surface area contributed by atoms with E-state index < -0.39 is 10.0 Å². The Bertz CT molecular complexity index is 263. The van der Waals surface area contributed by atoms with Crippen LogP contribution in [0, 0.1) is 0 Å². The van der Waals surface area contributed by atoms with E-state index in [0.29, 0.717) is 13.1 Å². The molecule has 0 radical (unpaired) electrons. The van der Waals surface area contributed by atoms with E-state index in [-0.39, 0.29) is 10.6 Å². The molecule has 0 aromatic carbocycles. The maximum Gasteiger partial charge on any atom is 0.216 e. The van der Waals surface area contributed by atoms with Gasteiger partial charge >= 0.3 is 0 Å². The Kier molecular flexibility index (Phi) is 3.60. The van der Waals surface area contributed by atoms with Crippen LogP contribution in [0.4, 0.5) is 0 Å². The van der Waals surface area contributed by atoms with Crippen molar-refractivity contribution < 1.29 is 8.42 Å². The Balaban J connectivity index is 2.71. The van der Waals surface area contributed by atoms with Crippen molar-refractivity contribution in [3.63, 3.8) is 0 Å². The van der Waals surface area contributed by atoms with Crippen LogP contribution in [0.25, 0.3) is 0 Å². The Morgan fingerprint density at radius 1 is 1.46 bits per heavy atom. The molecule has 0 N–H and O–H groups in total. The van der Waals surface area contributed by atoms with Gasteiger partial charge in [-0.05, 0) is 26.7 Å². The molecule has 1 unspecified atom stereocenters. The number of nitrogens with zero attached hydrogens (tertiary/aromatic N) is 1. The third kappa shape index (κ3) is 2.58. The summed E-state index contributed by atoms with van der Waals surface area (Å²) in [6.45, 7) is 4.51. The van der Waals surface area contributed by atoms with Gasteiger partial charge in [0.05, 0.1) is 5.25 Å². The highest BCUT2D eigenvalue weighted by Crippen LogP contribution is 2.19. The first-order valence-electron chi connectivity index (χ1n) is 4.57. The molecule has 1 atom stereocenters. The first-order valence-corrected chi connectivity index (χ1v) is 6.51. The SMILES string of the molecule is CC(C)S(=O)(=O)N1CCCC(Cl)C1. The summed E-state index contributed by atoms with van der Waals surface area (Å²) in [6, 6.07) is 0. The molecule has 3 nitrogen and oxygen atoms in total. The van der Waals surface area contributed by atoms with Gasteiger partial charge in [0.2, 0.25) is 10.0 Å². The molecule has 1 aliphatic rings. The molecule has 0 spiro atoms. The number of sulfonamides is 1. The van der Waals surface area contributed by atoms with Crippen molar-refractivity contribution in [2.75, 3.05) is 13.1 Å². The highest BCUT2D eigenvalue weighted by molar-refractivity contribution is 7.89. The van der Waals surface area contributed by atoms with Crippen LogP contribution in [-0.4, -0.2) is 36.4 Å². The predicted molar refractivity (Wildman–Crippen MR) is 54.5 cm³/mol. The molecule has 0 amide bonds. The van der Waals surface area contributed by atoms with Crippen molar-refractivity contribution in [1.29, 1.82) is 0 Å². The van der Waals surface area contributed by atoms with Gasteiger partial charge in [-0.15, -0.1) is 11.6 Å². The van der Waals surface area contributed by atoms with Gasteiger partial charge in [0, 0.05) is 18.5 Å². The van der Waals surface area contributed by atoms with E-state index >= 15 is 0 Å². The van der Waals surface area contributed by atoms with Gasteiger partial charge in [-0.25, -0.2) is 12.7 Å². The smallest absolute Gasteiger partial charge is 0.212 e. The lowest BCUT2D eigenvalue weighted by atomic mass is 10.2. The molecule has 1 fully saturated rings. The number of halogens is 1. The van der Waals surface area contributed by atoms with Gasteiger partial charge in [-0.3, -0.25) is 0 Å². The first-order chi connectivity index (χ1) is 5.94. The highest BCUT2D eigenvalue weighted by Gasteiger charge is 2.29. The Morgan fingerprint density at radius 3 is 2.54 bits per heavy atom. The fraction of sp³-hybridized carbons (Fsp3) is 1.00. The molecule has 1 aliphatic heterocycles. The Morgan fingerprint density at radius 2 is 2.08 bits per heavy atom. The summed E-state index contributed by atoms with van der Waals surface area (Å²) < 4.78 is 24.9. The second-order valence-electron chi connectivity index (χ2n) is 3.69. The number of hydrogen-bond acceptors (Lipinski definition) is 2. The number of piperidine rings is 1. The van der Waals surface area contributed by atoms with Crippen molar-refractivity contribution in [2.45, 2.75) is 37.3 Å². The van der Waals surface area contributed by atoms with Crippen molar-refractivity contribution in [2.24, 2.45) is 0 Å². The normalized spacial score (nSPS) is 26.6. The summed E-state index contributed by atoms with van der Waals surface area (Å²) in [5.41, 5.74) is 0. The lowest BCUT2D eigenvalue weighted by Crippen LogP contribution is -2.43. The Labute approximate surface area is 85.1 Å². The number of rotatable bonds is 2. The first kappa shape index (κ1) is 11.3. The molecule has 1 rings (SSSR count). The maximum atomic E-state index is 11.7. The van der Waals surface area contributed by atoms with Gasteiger partial charge in [0.1, 0.15) is 0 Å². The standard InChI is InChI=1S/C8H16ClNO2S/c1-7(2)13(11,12)10-5-3-4-8(9)6-10/h7-8H,3-6H2,1-2H3. The molecular formula is C8H16ClNO2S. The molecular weight excluding hydrogens is 210 g/mol. The topological polar surface area (TPSA) is 37.4 Å². The van der Waals surface area contributed by atoms with Crippen LogP contribution in [0.15, 0.2) is 0 Å². The lowest BCUT2D eigenvalue weighted by molar-refractivity contribution is 0.347. The van der Waals surface area contributed by atoms with Crippen LogP contribution in [0.3, 0.4) is 0 Å². The summed E-state index contributed by atoms with van der Waals surface area (Å²) in [5, 5.41) is -0.350. The minimum absolute atomic E-state index is 0.0118. The number of hydrogen-bond donors (Lipinski definition) is 0. The number of alkyl halides is 1. The molecule has 1 saturated heterocycles. The fourth-order valence-corrected chi connectivity index (χ4v) is 3.19. The molecule has 1 heterocycles. The van der Waals surface area contributed by atoms with E-state index in [9.17, 15) is 8.42 Å². The van der Waals surface area contributed by atoms with Crippen LogP contribution >= 0.6 is 11.6 Å². The van der Waals surface area contributed by atoms with Gasteiger partial charge in [0.15, 0.2) is 0 Å². The molecule has 0 bridgehead atoms. The van der Waals surface area contributed by atoms with E-state index in [0.717, 1.165) is 12.8 Å². The zero-order chi connectivity index (χ0) is 10.1. The van der Waals surface area contributed by atoms with Gasteiger partial charge in [0.25, 0.3) is 0 Å². The van der Waals surface area contributed by atoms with Crippen molar-refractivity contribution >= 4 is 21.6 Å². The molecule has 78 valence electrons. The molecule has 13 heavy (non-hydrogen) atoms. The maximum absolute atomic E-state index is 11.7. The summed E-state index contributed by atoms with van der Waals surface area (Å²) in [5.74, 6) is 0. The minimum atomic E-state index is -3.08. The Hall–Kier alpha value is 0.200. The van der Waals surface area contributed by atoms with Crippen LogP contribution in [0.1, 0.15) is 26.7 Å². The zero-order valence-corrected chi connectivity index (χ0v) is 9.61. The largest absolute Gasteiger partial charge is 0.216 e. The predicted octanol–water partition coefficient (Wildman–Crippen LogP) is 1.43. The van der Waals surface area contributed by atoms with Gasteiger partial charge in [-0.1, -0.05) is 0 Å². The minimum Gasteiger partial charge on any atom is -0.212 e. The third-order valence-electron chi connectivity index (χ3n) is 2.28. The molecule has 5 heteroatoms. The van der Waals surface area contributed by atoms with Crippen LogP contribution in [-0.2, 0) is 10.0 Å². The molecule has 0 aliphatic carbocycles. The van der Waals surface area contributed by atoms with Crippen molar-refractivity contribution in [3.8, 4) is 0 Å². The summed E-state index contributed by atoms with van der Waals surface area (Å²) in [7, 11) is -3.08. The average molecular weight is 226 g/mol. The van der Waals surface area contributed by atoms with E-state index in [2.05, 4.69) is 0 Å². The quantitative estimate of drug-likeness (QED) is 0.667. The van der Waals surface area contributed by atoms with E-state index in [1.54, 1.807) is 13.8 Å². The summed E-state index contributed by atoms with van der Waals surface area (Å²) in [6.07, 6.45) is 1.80. The molecule has 0 aromatic heterocycles. The zero-order valence-electron chi connectivity index (χ0n) is 8.03. The van der Waals surface area contributed by atoms with Crippen molar-refractivity contribution in [1.82, 2.24) is 4.31 Å². The monoisotopic (exact) mass is 225 g/mol. The average Bonchev–Trinajstić information content (AvgIpc) is 2.04. The van der Waals surface area contributed by atoms with E-state index in [1.165, 1.54) is 4.31 Å². The second kappa shape index (κ2) is 4.15. The fourth-order valence-electron chi connectivity index (χ4n) is 1.42. The third-order valence-corrected chi connectivity index (χ3v) is 4.88. The van der Waals surface area contributed by atoms with Gasteiger partial charge in [-0.2, -0.15) is 0 Å². The van der Waals surface area contributed by atoms with E-state index in [4.69, 9.17) is 11.6 Å². The van der Waals surface area contributed by atoms with E-state index in [1.807, 2.05) is 0 Å².